The zero-order valence-corrected chi connectivity index (χ0v) is 15.9. The van der Waals surface area contributed by atoms with E-state index in [0.717, 1.165) is 23.0 Å². The number of nitrogens with zero attached hydrogens (tertiary/aromatic N) is 4. The standard InChI is InChI=1S/C15H19N9OS2/c16-13(17)24-15-22-10(8-27-15)7-26-4-3-20-14-21-6-9(12(25)23-14)5-11-18-1-2-19-11/h1-2,6,8H,3-5,7H2,(H,18,19)(H4,16,17,22,24)(H2,20,21,23,25). The average Bonchev–Trinajstić information content (AvgIpc) is 3.28. The third kappa shape index (κ3) is 5.82. The first kappa shape index (κ1) is 18.9. The van der Waals surface area contributed by atoms with Crippen molar-refractivity contribution in [2.45, 2.75) is 12.2 Å². The van der Waals surface area contributed by atoms with Crippen LogP contribution < -0.4 is 22.3 Å². The van der Waals surface area contributed by atoms with Crippen LogP contribution >= 0.6 is 23.1 Å². The second-order valence-corrected chi connectivity index (χ2v) is 7.38. The topological polar surface area (TPSA) is 164 Å². The molecule has 10 nitrogen and oxygen atoms in total. The van der Waals surface area contributed by atoms with Crippen LogP contribution in [0, 0.1) is 0 Å². The number of nitrogens with one attached hydrogen (secondary N) is 3. The smallest absolute Gasteiger partial charge is 0.255 e. The van der Waals surface area contributed by atoms with Crippen LogP contribution in [0.1, 0.15) is 17.1 Å². The summed E-state index contributed by atoms with van der Waals surface area (Å²) in [5.74, 6) is 2.76. The Hall–Kier alpha value is -2.86. The maximum atomic E-state index is 12.1. The Labute approximate surface area is 163 Å². The van der Waals surface area contributed by atoms with E-state index >= 15 is 0 Å². The molecule has 0 radical (unpaired) electrons. The number of thiazole rings is 1. The highest BCUT2D eigenvalue weighted by atomic mass is 32.2. The van der Waals surface area contributed by atoms with Gasteiger partial charge in [-0.2, -0.15) is 16.8 Å². The fraction of sp³-hybridized carbons (Fsp3) is 0.267. The molecular weight excluding hydrogens is 386 g/mol. The normalized spacial score (nSPS) is 10.7. The van der Waals surface area contributed by atoms with Crippen LogP contribution in [0.4, 0.5) is 11.1 Å². The molecule has 0 aliphatic carbocycles. The summed E-state index contributed by atoms with van der Waals surface area (Å²) in [5.41, 5.74) is 12.0. The minimum absolute atomic E-state index is 0.00410. The number of aliphatic imine (C=N–C) groups is 1. The van der Waals surface area contributed by atoms with Crippen LogP contribution in [0.15, 0.2) is 33.8 Å². The first-order valence-corrected chi connectivity index (χ1v) is 10.1. The molecule has 3 aromatic heterocycles. The quantitative estimate of drug-likeness (QED) is 0.198. The van der Waals surface area contributed by atoms with Crippen LogP contribution in [0.2, 0.25) is 0 Å². The van der Waals surface area contributed by atoms with Crippen LogP contribution in [0.3, 0.4) is 0 Å². The summed E-state index contributed by atoms with van der Waals surface area (Å²) < 4.78 is 0. The number of guanidine groups is 1. The summed E-state index contributed by atoms with van der Waals surface area (Å²) in [4.78, 5) is 34.4. The van der Waals surface area contributed by atoms with Crippen molar-refractivity contribution in [3.8, 4) is 0 Å². The molecule has 3 heterocycles. The molecule has 0 aliphatic heterocycles. The minimum atomic E-state index is -0.175. The second kappa shape index (κ2) is 9.19. The van der Waals surface area contributed by atoms with E-state index in [2.05, 4.69) is 35.2 Å². The van der Waals surface area contributed by atoms with Crippen LogP contribution in [-0.2, 0) is 12.2 Å². The third-order valence-electron chi connectivity index (χ3n) is 3.34. The second-order valence-electron chi connectivity index (χ2n) is 5.44. The lowest BCUT2D eigenvalue weighted by Gasteiger charge is -2.05. The molecule has 0 bridgehead atoms. The van der Waals surface area contributed by atoms with Gasteiger partial charge in [0.2, 0.25) is 11.1 Å². The third-order valence-corrected chi connectivity index (χ3v) is 5.11. The fourth-order valence-electron chi connectivity index (χ4n) is 2.15. The van der Waals surface area contributed by atoms with Crippen LogP contribution in [0.25, 0.3) is 0 Å². The molecule has 0 spiro atoms. The molecule has 0 saturated carbocycles. The minimum Gasteiger partial charge on any atom is -0.370 e. The predicted molar refractivity (Wildman–Crippen MR) is 108 cm³/mol. The van der Waals surface area contributed by atoms with Crippen LogP contribution in [0.5, 0.6) is 0 Å². The maximum absolute atomic E-state index is 12.1. The number of nitrogens with two attached hydrogens (primary N) is 2. The van der Waals surface area contributed by atoms with Gasteiger partial charge in [0, 0.05) is 54.0 Å². The van der Waals surface area contributed by atoms with E-state index in [1.54, 1.807) is 30.4 Å². The molecule has 12 heteroatoms. The molecular formula is C15H19N9OS2. The SMILES string of the molecule is NC(N)=Nc1nc(CSCCNc2ncc(Cc3ncc[nH]3)c(=O)[nH]2)cs1. The van der Waals surface area contributed by atoms with Gasteiger partial charge in [-0.15, -0.1) is 11.3 Å². The van der Waals surface area contributed by atoms with Gasteiger partial charge >= 0.3 is 0 Å². The maximum Gasteiger partial charge on any atom is 0.255 e. The molecule has 0 saturated heterocycles. The highest BCUT2D eigenvalue weighted by Gasteiger charge is 2.06. The number of aromatic amines is 2. The lowest BCUT2D eigenvalue weighted by molar-refractivity contribution is 0.960. The van der Waals surface area contributed by atoms with Gasteiger partial charge in [0.15, 0.2) is 5.96 Å². The first-order chi connectivity index (χ1) is 13.1. The Morgan fingerprint density at radius 2 is 2.26 bits per heavy atom. The largest absolute Gasteiger partial charge is 0.370 e. The molecule has 7 N–H and O–H groups in total. The molecule has 0 unspecified atom stereocenters. The molecule has 0 fully saturated rings. The molecule has 27 heavy (non-hydrogen) atoms. The van der Waals surface area contributed by atoms with Crippen molar-refractivity contribution in [1.82, 2.24) is 24.9 Å². The monoisotopic (exact) mass is 405 g/mol. The summed E-state index contributed by atoms with van der Waals surface area (Å²) in [6.45, 7) is 0.663. The summed E-state index contributed by atoms with van der Waals surface area (Å²) in [5, 5.41) is 5.59. The molecule has 142 valence electrons. The van der Waals surface area contributed by atoms with Gasteiger partial charge in [-0.25, -0.2) is 15.0 Å². The fourth-order valence-corrected chi connectivity index (χ4v) is 3.71. The van der Waals surface area contributed by atoms with Crippen molar-refractivity contribution in [2.75, 3.05) is 17.6 Å². The Kier molecular flexibility index (Phi) is 6.44. The van der Waals surface area contributed by atoms with Gasteiger partial charge in [0.1, 0.15) is 5.82 Å². The summed E-state index contributed by atoms with van der Waals surface area (Å²) in [7, 11) is 0. The summed E-state index contributed by atoms with van der Waals surface area (Å²) >= 11 is 3.10. The van der Waals surface area contributed by atoms with Gasteiger partial charge in [-0.05, 0) is 0 Å². The van der Waals surface area contributed by atoms with Crippen molar-refractivity contribution in [1.29, 1.82) is 0 Å². The van der Waals surface area contributed by atoms with Gasteiger partial charge in [0.25, 0.3) is 5.56 Å². The van der Waals surface area contributed by atoms with E-state index < -0.39 is 0 Å². The van der Waals surface area contributed by atoms with Crippen molar-refractivity contribution in [2.24, 2.45) is 16.5 Å². The van der Waals surface area contributed by atoms with E-state index in [0.29, 0.717) is 29.6 Å². The number of hydrogen-bond acceptors (Lipinski definition) is 8. The number of H-pyrrole nitrogens is 2. The van der Waals surface area contributed by atoms with Gasteiger partial charge in [0.05, 0.1) is 5.69 Å². The van der Waals surface area contributed by atoms with Crippen molar-refractivity contribution >= 4 is 40.1 Å². The van der Waals surface area contributed by atoms with E-state index in [9.17, 15) is 4.79 Å². The molecule has 3 rings (SSSR count). The van der Waals surface area contributed by atoms with Gasteiger partial charge in [-0.1, -0.05) is 0 Å². The zero-order valence-electron chi connectivity index (χ0n) is 14.3. The molecule has 0 amide bonds. The molecule has 0 aliphatic rings. The number of thioether (sulfide) groups is 1. The van der Waals surface area contributed by atoms with Crippen LogP contribution in [-0.4, -0.2) is 43.2 Å². The lowest BCUT2D eigenvalue weighted by Crippen LogP contribution is -2.21. The number of imidazole rings is 1. The van der Waals surface area contributed by atoms with Gasteiger partial charge in [-0.3, -0.25) is 9.78 Å². The number of rotatable bonds is 9. The van der Waals surface area contributed by atoms with E-state index in [1.807, 2.05) is 5.38 Å². The first-order valence-electron chi connectivity index (χ1n) is 8.02. The number of hydrogen-bond donors (Lipinski definition) is 5. The highest BCUT2D eigenvalue weighted by molar-refractivity contribution is 7.98. The number of anilines is 1. The molecule has 3 aromatic rings. The van der Waals surface area contributed by atoms with E-state index in [4.69, 9.17) is 11.5 Å². The van der Waals surface area contributed by atoms with E-state index in [-0.39, 0.29) is 11.5 Å². The molecule has 0 aromatic carbocycles. The Morgan fingerprint density at radius 1 is 1.37 bits per heavy atom. The summed E-state index contributed by atoms with van der Waals surface area (Å²) in [6.07, 6.45) is 5.36. The average molecular weight is 406 g/mol. The summed E-state index contributed by atoms with van der Waals surface area (Å²) in [6, 6.07) is 0. The lowest BCUT2D eigenvalue weighted by atomic mass is 10.2. The van der Waals surface area contributed by atoms with E-state index in [1.165, 1.54) is 11.3 Å². The van der Waals surface area contributed by atoms with Crippen molar-refractivity contribution < 1.29 is 0 Å². The van der Waals surface area contributed by atoms with Crippen molar-refractivity contribution in [3.05, 3.63) is 51.4 Å². The zero-order chi connectivity index (χ0) is 19.1. The Bertz CT molecular complexity index is 944. The number of aromatic nitrogens is 5. The molecule has 0 atom stereocenters. The highest BCUT2D eigenvalue weighted by Crippen LogP contribution is 2.21. The van der Waals surface area contributed by atoms with Gasteiger partial charge < -0.3 is 21.8 Å². The van der Waals surface area contributed by atoms with Crippen molar-refractivity contribution in [3.63, 3.8) is 0 Å². The predicted octanol–water partition coefficient (Wildman–Crippen LogP) is 0.790. The Morgan fingerprint density at radius 3 is 3.00 bits per heavy atom. The Balaban J connectivity index is 1.41.